The minimum atomic E-state index is -4.26. The maximum Gasteiger partial charge on any atom is 0.416 e. The Morgan fingerprint density at radius 3 is 2.38 bits per heavy atom. The number of rotatable bonds is 1. The third-order valence-corrected chi connectivity index (χ3v) is 1.78. The van der Waals surface area contributed by atoms with Gasteiger partial charge in [0.2, 0.25) is 0 Å². The van der Waals surface area contributed by atoms with E-state index in [1.54, 1.807) is 13.0 Å². The lowest BCUT2D eigenvalue weighted by atomic mass is 10.1. The molecular formula is C9H11F3N+. The molecule has 0 fully saturated rings. The van der Waals surface area contributed by atoms with E-state index in [2.05, 4.69) is 5.73 Å². The van der Waals surface area contributed by atoms with Crippen molar-refractivity contribution in [3.8, 4) is 0 Å². The second-order valence-electron chi connectivity index (χ2n) is 3.02. The molecule has 72 valence electrons. The van der Waals surface area contributed by atoms with Gasteiger partial charge >= 0.3 is 6.18 Å². The molecule has 1 aromatic rings. The van der Waals surface area contributed by atoms with Gasteiger partial charge in [0.25, 0.3) is 0 Å². The smallest absolute Gasteiger partial charge is 0.352 e. The zero-order valence-corrected chi connectivity index (χ0v) is 7.23. The summed E-state index contributed by atoms with van der Waals surface area (Å²) in [6, 6.07) is 5.12. The van der Waals surface area contributed by atoms with Crippen LogP contribution in [0.15, 0.2) is 24.3 Å². The molecule has 0 saturated carbocycles. The highest BCUT2D eigenvalue weighted by Crippen LogP contribution is 2.30. The Kier molecular flexibility index (Phi) is 2.61. The van der Waals surface area contributed by atoms with E-state index in [0.29, 0.717) is 5.56 Å². The molecule has 0 aliphatic heterocycles. The van der Waals surface area contributed by atoms with Crippen LogP contribution in [0.5, 0.6) is 0 Å². The van der Waals surface area contributed by atoms with Crippen LogP contribution in [0.3, 0.4) is 0 Å². The van der Waals surface area contributed by atoms with Crippen LogP contribution in [0.25, 0.3) is 0 Å². The van der Waals surface area contributed by atoms with Crippen molar-refractivity contribution in [2.75, 3.05) is 0 Å². The lowest BCUT2D eigenvalue weighted by molar-refractivity contribution is -0.420. The topological polar surface area (TPSA) is 27.6 Å². The molecule has 0 radical (unpaired) electrons. The van der Waals surface area contributed by atoms with Gasteiger partial charge in [0, 0.05) is 5.56 Å². The van der Waals surface area contributed by atoms with Gasteiger partial charge in [0.05, 0.1) is 5.56 Å². The van der Waals surface area contributed by atoms with Crippen LogP contribution in [0.4, 0.5) is 13.2 Å². The van der Waals surface area contributed by atoms with E-state index in [4.69, 9.17) is 0 Å². The molecule has 1 rings (SSSR count). The van der Waals surface area contributed by atoms with Crippen LogP contribution in [0.1, 0.15) is 24.1 Å². The first-order valence-electron chi connectivity index (χ1n) is 3.91. The molecule has 0 saturated heterocycles. The standard InChI is InChI=1S/C9H10F3N/c1-6(13)7-3-2-4-8(5-7)9(10,11)12/h2-6H,13H2,1H3/p+1/t6-/m1/s1. The van der Waals surface area contributed by atoms with Gasteiger partial charge in [0.15, 0.2) is 0 Å². The molecule has 1 aromatic carbocycles. The molecule has 0 heterocycles. The fourth-order valence-corrected chi connectivity index (χ4v) is 1.02. The highest BCUT2D eigenvalue weighted by Gasteiger charge is 2.30. The Hall–Kier alpha value is -1.03. The van der Waals surface area contributed by atoms with Gasteiger partial charge in [-0.1, -0.05) is 12.1 Å². The maximum atomic E-state index is 12.2. The van der Waals surface area contributed by atoms with Crippen LogP contribution in [-0.2, 0) is 6.18 Å². The first kappa shape index (κ1) is 10.1. The number of alkyl halides is 3. The monoisotopic (exact) mass is 190 g/mol. The molecule has 0 unspecified atom stereocenters. The van der Waals surface area contributed by atoms with Crippen LogP contribution >= 0.6 is 0 Å². The van der Waals surface area contributed by atoms with E-state index in [-0.39, 0.29) is 6.04 Å². The molecule has 13 heavy (non-hydrogen) atoms. The fourth-order valence-electron chi connectivity index (χ4n) is 1.02. The largest absolute Gasteiger partial charge is 0.416 e. The maximum absolute atomic E-state index is 12.2. The first-order valence-corrected chi connectivity index (χ1v) is 3.91. The number of benzene rings is 1. The predicted octanol–water partition coefficient (Wildman–Crippen LogP) is 2.01. The lowest BCUT2D eigenvalue weighted by Crippen LogP contribution is -2.51. The summed E-state index contributed by atoms with van der Waals surface area (Å²) in [5.41, 5.74) is 3.66. The molecule has 0 bridgehead atoms. The van der Waals surface area contributed by atoms with Crippen molar-refractivity contribution in [3.05, 3.63) is 35.4 Å². The van der Waals surface area contributed by atoms with Crippen molar-refractivity contribution in [1.29, 1.82) is 0 Å². The van der Waals surface area contributed by atoms with Crippen LogP contribution in [-0.4, -0.2) is 0 Å². The Labute approximate surface area is 74.4 Å². The second kappa shape index (κ2) is 3.38. The normalized spacial score (nSPS) is 14.2. The molecule has 3 N–H and O–H groups in total. The van der Waals surface area contributed by atoms with Crippen LogP contribution < -0.4 is 5.73 Å². The fraction of sp³-hybridized carbons (Fsp3) is 0.333. The number of hydrogen-bond acceptors (Lipinski definition) is 0. The number of hydrogen-bond donors (Lipinski definition) is 1. The van der Waals surface area contributed by atoms with Gasteiger partial charge in [-0.05, 0) is 19.1 Å². The summed E-state index contributed by atoms with van der Waals surface area (Å²) in [5, 5.41) is 0. The van der Waals surface area contributed by atoms with Crippen molar-refractivity contribution in [2.45, 2.75) is 19.1 Å². The summed E-state index contributed by atoms with van der Waals surface area (Å²) in [6.45, 7) is 1.76. The lowest BCUT2D eigenvalue weighted by Gasteiger charge is -2.08. The van der Waals surface area contributed by atoms with E-state index >= 15 is 0 Å². The Morgan fingerprint density at radius 1 is 1.31 bits per heavy atom. The molecular weight excluding hydrogens is 179 g/mol. The summed E-state index contributed by atoms with van der Waals surface area (Å²) >= 11 is 0. The van der Waals surface area contributed by atoms with E-state index in [9.17, 15) is 13.2 Å². The minimum Gasteiger partial charge on any atom is -0.352 e. The van der Waals surface area contributed by atoms with Crippen molar-refractivity contribution >= 4 is 0 Å². The Bertz CT molecular complexity index is 291. The van der Waals surface area contributed by atoms with E-state index < -0.39 is 11.7 Å². The summed E-state index contributed by atoms with van der Waals surface area (Å²) in [6.07, 6.45) is -4.26. The zero-order valence-electron chi connectivity index (χ0n) is 7.23. The minimum absolute atomic E-state index is 0.123. The highest BCUT2D eigenvalue weighted by atomic mass is 19.4. The Balaban J connectivity index is 3.06. The van der Waals surface area contributed by atoms with Gasteiger partial charge < -0.3 is 5.73 Å². The molecule has 0 aliphatic rings. The molecule has 0 spiro atoms. The highest BCUT2D eigenvalue weighted by molar-refractivity contribution is 5.26. The predicted molar refractivity (Wildman–Crippen MR) is 42.7 cm³/mol. The summed E-state index contributed by atoms with van der Waals surface area (Å²) < 4.78 is 36.6. The average Bonchev–Trinajstić information content (AvgIpc) is 2.03. The third kappa shape index (κ3) is 2.45. The van der Waals surface area contributed by atoms with E-state index in [0.717, 1.165) is 12.1 Å². The Morgan fingerprint density at radius 2 is 1.92 bits per heavy atom. The van der Waals surface area contributed by atoms with Crippen LogP contribution in [0.2, 0.25) is 0 Å². The SMILES string of the molecule is C[C@@H]([NH3+])c1cccc(C(F)(F)F)c1. The second-order valence-corrected chi connectivity index (χ2v) is 3.02. The van der Waals surface area contributed by atoms with E-state index in [1.165, 1.54) is 6.07 Å². The summed E-state index contributed by atoms with van der Waals surface area (Å²) in [4.78, 5) is 0. The molecule has 0 aliphatic carbocycles. The molecule has 4 heteroatoms. The third-order valence-electron chi connectivity index (χ3n) is 1.78. The summed E-state index contributed by atoms with van der Waals surface area (Å²) in [7, 11) is 0. The summed E-state index contributed by atoms with van der Waals surface area (Å²) in [5.74, 6) is 0. The quantitative estimate of drug-likeness (QED) is 0.701. The van der Waals surface area contributed by atoms with Crippen molar-refractivity contribution in [2.24, 2.45) is 0 Å². The number of quaternary nitrogens is 1. The van der Waals surface area contributed by atoms with Crippen molar-refractivity contribution in [1.82, 2.24) is 0 Å². The van der Waals surface area contributed by atoms with Crippen molar-refractivity contribution < 1.29 is 18.9 Å². The molecule has 0 aromatic heterocycles. The number of halogens is 3. The van der Waals surface area contributed by atoms with Gasteiger partial charge in [-0.15, -0.1) is 0 Å². The van der Waals surface area contributed by atoms with Gasteiger partial charge in [0.1, 0.15) is 6.04 Å². The van der Waals surface area contributed by atoms with Crippen molar-refractivity contribution in [3.63, 3.8) is 0 Å². The van der Waals surface area contributed by atoms with E-state index in [1.807, 2.05) is 0 Å². The molecule has 1 nitrogen and oxygen atoms in total. The zero-order chi connectivity index (χ0) is 10.1. The molecule has 1 atom stereocenters. The van der Waals surface area contributed by atoms with Crippen LogP contribution in [0, 0.1) is 0 Å². The van der Waals surface area contributed by atoms with Gasteiger partial charge in [-0.25, -0.2) is 0 Å². The van der Waals surface area contributed by atoms with Gasteiger partial charge in [-0.2, -0.15) is 13.2 Å². The average molecular weight is 190 g/mol. The first-order chi connectivity index (χ1) is 5.91. The van der Waals surface area contributed by atoms with Gasteiger partial charge in [-0.3, -0.25) is 0 Å². The molecule has 0 amide bonds.